The highest BCUT2D eigenvalue weighted by molar-refractivity contribution is 5.80. The van der Waals surface area contributed by atoms with Crippen LogP contribution in [-0.4, -0.2) is 35.1 Å². The number of carbonyl (C=O) groups excluding carboxylic acids is 1. The first-order valence-electron chi connectivity index (χ1n) is 4.89. The van der Waals surface area contributed by atoms with Crippen LogP contribution in [0, 0.1) is 5.92 Å². The zero-order valence-corrected chi connectivity index (χ0v) is 7.65. The van der Waals surface area contributed by atoms with Crippen molar-refractivity contribution in [3.05, 3.63) is 12.2 Å². The van der Waals surface area contributed by atoms with E-state index in [0.717, 1.165) is 25.8 Å². The van der Waals surface area contributed by atoms with E-state index in [1.165, 1.54) is 0 Å². The molecule has 1 fully saturated rings. The molecule has 0 aromatic heterocycles. The largest absolute Gasteiger partial charge is 0.391 e. The zero-order valence-electron chi connectivity index (χ0n) is 7.65. The van der Waals surface area contributed by atoms with E-state index in [0.29, 0.717) is 6.54 Å². The smallest absolute Gasteiger partial charge is 0.226 e. The summed E-state index contributed by atoms with van der Waals surface area (Å²) < 4.78 is 0. The van der Waals surface area contributed by atoms with Gasteiger partial charge in [-0.15, -0.1) is 0 Å². The van der Waals surface area contributed by atoms with E-state index in [1.807, 2.05) is 0 Å². The molecule has 1 N–H and O–H groups in total. The van der Waals surface area contributed by atoms with Gasteiger partial charge in [-0.05, 0) is 19.3 Å². The van der Waals surface area contributed by atoms with Crippen molar-refractivity contribution in [2.75, 3.05) is 13.1 Å². The van der Waals surface area contributed by atoms with Gasteiger partial charge in [-0.25, -0.2) is 0 Å². The van der Waals surface area contributed by atoms with E-state index in [1.54, 1.807) is 4.90 Å². The highest BCUT2D eigenvalue weighted by Crippen LogP contribution is 2.22. The molecular formula is C10H15NO2. The van der Waals surface area contributed by atoms with Crippen molar-refractivity contribution >= 4 is 5.91 Å². The number of hydrogen-bond acceptors (Lipinski definition) is 2. The number of likely N-dealkylation sites (tertiary alicyclic amines) is 1. The second kappa shape index (κ2) is 3.50. The molecule has 1 heterocycles. The SMILES string of the molecule is O=C(C1CC=CC1)N1CCC(O)C1. The van der Waals surface area contributed by atoms with Gasteiger partial charge in [-0.2, -0.15) is 0 Å². The maximum absolute atomic E-state index is 11.8. The minimum atomic E-state index is -0.293. The molecule has 0 bridgehead atoms. The van der Waals surface area contributed by atoms with Gasteiger partial charge in [0.05, 0.1) is 6.10 Å². The Morgan fingerprint density at radius 3 is 2.62 bits per heavy atom. The van der Waals surface area contributed by atoms with Gasteiger partial charge in [0, 0.05) is 19.0 Å². The van der Waals surface area contributed by atoms with Crippen LogP contribution in [0.5, 0.6) is 0 Å². The summed E-state index contributed by atoms with van der Waals surface area (Å²) in [6.45, 7) is 1.27. The molecule has 13 heavy (non-hydrogen) atoms. The minimum absolute atomic E-state index is 0.158. The Bertz CT molecular complexity index is 229. The number of aliphatic hydroxyl groups excluding tert-OH is 1. The molecular weight excluding hydrogens is 166 g/mol. The molecule has 0 aromatic rings. The summed E-state index contributed by atoms with van der Waals surface area (Å²) in [5.41, 5.74) is 0. The van der Waals surface area contributed by atoms with Crippen LogP contribution < -0.4 is 0 Å². The van der Waals surface area contributed by atoms with Gasteiger partial charge >= 0.3 is 0 Å². The lowest BCUT2D eigenvalue weighted by Gasteiger charge is -2.19. The molecule has 0 spiro atoms. The van der Waals surface area contributed by atoms with Gasteiger partial charge in [0.1, 0.15) is 0 Å². The minimum Gasteiger partial charge on any atom is -0.391 e. The molecule has 3 heteroatoms. The maximum Gasteiger partial charge on any atom is 0.226 e. The van der Waals surface area contributed by atoms with Crippen LogP contribution in [0.4, 0.5) is 0 Å². The molecule has 1 aliphatic heterocycles. The first-order chi connectivity index (χ1) is 6.27. The number of amides is 1. The predicted octanol–water partition coefficient (Wildman–Crippen LogP) is 0.546. The van der Waals surface area contributed by atoms with Crippen LogP contribution in [0.25, 0.3) is 0 Å². The lowest BCUT2D eigenvalue weighted by atomic mass is 10.1. The molecule has 1 saturated heterocycles. The van der Waals surface area contributed by atoms with Crippen molar-refractivity contribution in [3.63, 3.8) is 0 Å². The molecule has 0 aromatic carbocycles. The van der Waals surface area contributed by atoms with Crippen molar-refractivity contribution in [3.8, 4) is 0 Å². The number of allylic oxidation sites excluding steroid dienone is 2. The van der Waals surface area contributed by atoms with E-state index in [4.69, 9.17) is 0 Å². The molecule has 2 aliphatic rings. The summed E-state index contributed by atoms with van der Waals surface area (Å²) in [5.74, 6) is 0.381. The average Bonchev–Trinajstić information content (AvgIpc) is 2.72. The summed E-state index contributed by atoms with van der Waals surface area (Å²) in [6, 6.07) is 0. The Kier molecular flexibility index (Phi) is 2.36. The molecule has 0 radical (unpaired) electrons. The number of β-amino-alcohol motifs (C(OH)–C–C–N with tert-alkyl or cyclic N) is 1. The number of carbonyl (C=O) groups is 1. The Hall–Kier alpha value is -0.830. The molecule has 1 amide bonds. The van der Waals surface area contributed by atoms with Crippen LogP contribution in [0.3, 0.4) is 0 Å². The number of hydrogen-bond donors (Lipinski definition) is 1. The van der Waals surface area contributed by atoms with Gasteiger partial charge in [-0.3, -0.25) is 4.79 Å². The van der Waals surface area contributed by atoms with E-state index in [-0.39, 0.29) is 17.9 Å². The normalized spacial score (nSPS) is 28.7. The van der Waals surface area contributed by atoms with E-state index in [9.17, 15) is 9.90 Å². The summed E-state index contributed by atoms with van der Waals surface area (Å²) in [5, 5.41) is 9.28. The van der Waals surface area contributed by atoms with Crippen LogP contribution in [-0.2, 0) is 4.79 Å². The standard InChI is InChI=1S/C10H15NO2/c12-9-5-6-11(7-9)10(13)8-3-1-2-4-8/h1-2,8-9,12H,3-7H2. The van der Waals surface area contributed by atoms with E-state index >= 15 is 0 Å². The van der Waals surface area contributed by atoms with Crippen molar-refractivity contribution in [2.24, 2.45) is 5.92 Å². The lowest BCUT2D eigenvalue weighted by Crippen LogP contribution is -2.34. The number of aliphatic hydroxyl groups is 1. The summed E-state index contributed by atoms with van der Waals surface area (Å²) in [6.07, 6.45) is 6.34. The first-order valence-corrected chi connectivity index (χ1v) is 4.89. The molecule has 1 atom stereocenters. The third-order valence-electron chi connectivity index (χ3n) is 2.83. The third-order valence-corrected chi connectivity index (χ3v) is 2.83. The molecule has 1 unspecified atom stereocenters. The number of nitrogens with zero attached hydrogens (tertiary/aromatic N) is 1. The Labute approximate surface area is 78.0 Å². The first kappa shape index (κ1) is 8.75. The molecule has 2 rings (SSSR count). The van der Waals surface area contributed by atoms with Crippen LogP contribution >= 0.6 is 0 Å². The fourth-order valence-electron chi connectivity index (χ4n) is 2.02. The van der Waals surface area contributed by atoms with Crippen molar-refractivity contribution < 1.29 is 9.90 Å². The molecule has 72 valence electrons. The monoisotopic (exact) mass is 181 g/mol. The second-order valence-corrected chi connectivity index (χ2v) is 3.87. The van der Waals surface area contributed by atoms with Crippen molar-refractivity contribution in [1.82, 2.24) is 4.90 Å². The predicted molar refractivity (Wildman–Crippen MR) is 49.1 cm³/mol. The highest BCUT2D eigenvalue weighted by atomic mass is 16.3. The Balaban J connectivity index is 1.90. The summed E-state index contributed by atoms with van der Waals surface area (Å²) in [7, 11) is 0. The zero-order chi connectivity index (χ0) is 9.26. The second-order valence-electron chi connectivity index (χ2n) is 3.87. The third kappa shape index (κ3) is 1.75. The highest BCUT2D eigenvalue weighted by Gasteiger charge is 2.29. The number of rotatable bonds is 1. The van der Waals surface area contributed by atoms with E-state index < -0.39 is 0 Å². The van der Waals surface area contributed by atoms with Crippen molar-refractivity contribution in [2.45, 2.75) is 25.4 Å². The van der Waals surface area contributed by atoms with Gasteiger partial charge in [0.25, 0.3) is 0 Å². The fourth-order valence-corrected chi connectivity index (χ4v) is 2.02. The average molecular weight is 181 g/mol. The molecule has 3 nitrogen and oxygen atoms in total. The van der Waals surface area contributed by atoms with E-state index in [2.05, 4.69) is 12.2 Å². The van der Waals surface area contributed by atoms with Crippen LogP contribution in [0.15, 0.2) is 12.2 Å². The van der Waals surface area contributed by atoms with Gasteiger partial charge in [0.15, 0.2) is 0 Å². The quantitative estimate of drug-likeness (QED) is 0.600. The Morgan fingerprint density at radius 1 is 1.38 bits per heavy atom. The van der Waals surface area contributed by atoms with Gasteiger partial charge < -0.3 is 10.0 Å². The summed E-state index contributed by atoms with van der Waals surface area (Å²) in [4.78, 5) is 13.6. The summed E-state index contributed by atoms with van der Waals surface area (Å²) >= 11 is 0. The van der Waals surface area contributed by atoms with Gasteiger partial charge in [-0.1, -0.05) is 12.2 Å². The fraction of sp³-hybridized carbons (Fsp3) is 0.700. The van der Waals surface area contributed by atoms with Gasteiger partial charge in [0.2, 0.25) is 5.91 Å². The van der Waals surface area contributed by atoms with Crippen LogP contribution in [0.2, 0.25) is 0 Å². The molecule has 0 saturated carbocycles. The maximum atomic E-state index is 11.8. The van der Waals surface area contributed by atoms with Crippen LogP contribution in [0.1, 0.15) is 19.3 Å². The topological polar surface area (TPSA) is 40.5 Å². The van der Waals surface area contributed by atoms with Crippen molar-refractivity contribution in [1.29, 1.82) is 0 Å². The Morgan fingerprint density at radius 2 is 2.08 bits per heavy atom. The lowest BCUT2D eigenvalue weighted by molar-refractivity contribution is -0.134. The molecule has 1 aliphatic carbocycles.